The summed E-state index contributed by atoms with van der Waals surface area (Å²) in [7, 11) is 0. The smallest absolute Gasteiger partial charge is 0.0389 e. The Morgan fingerprint density at radius 3 is 2.60 bits per heavy atom. The molecule has 2 fully saturated rings. The highest BCUT2D eigenvalue weighted by atomic mass is 15.3. The van der Waals surface area contributed by atoms with Crippen molar-refractivity contribution in [3.8, 4) is 0 Å². The summed E-state index contributed by atoms with van der Waals surface area (Å²) >= 11 is 0. The minimum Gasteiger partial charge on any atom is -0.326 e. The Morgan fingerprint density at radius 1 is 1.27 bits per heavy atom. The van der Waals surface area contributed by atoms with E-state index >= 15 is 0 Å². The third-order valence-corrected chi connectivity index (χ3v) is 4.80. The molecule has 0 aromatic heterocycles. The van der Waals surface area contributed by atoms with Crippen LogP contribution in [-0.4, -0.2) is 29.1 Å². The molecule has 1 saturated heterocycles. The van der Waals surface area contributed by atoms with Gasteiger partial charge in [0.15, 0.2) is 0 Å². The number of hydrogen-bond donors (Lipinski definition) is 1. The highest BCUT2D eigenvalue weighted by molar-refractivity contribution is 5.09. The van der Waals surface area contributed by atoms with Crippen LogP contribution in [-0.2, 0) is 0 Å². The third kappa shape index (κ3) is 1.62. The van der Waals surface area contributed by atoms with Gasteiger partial charge in [-0.2, -0.15) is 0 Å². The minimum absolute atomic E-state index is 0.340. The van der Waals surface area contributed by atoms with Crippen molar-refractivity contribution in [2.75, 3.05) is 6.54 Å². The van der Waals surface area contributed by atoms with Gasteiger partial charge in [-0.1, -0.05) is 19.8 Å². The predicted octanol–water partition coefficient (Wildman–Crippen LogP) is 2.38. The van der Waals surface area contributed by atoms with E-state index < -0.39 is 0 Å². The average molecular weight is 210 g/mol. The second-order valence-electron chi connectivity index (χ2n) is 5.82. The Bertz CT molecular complexity index is 227. The van der Waals surface area contributed by atoms with Gasteiger partial charge >= 0.3 is 0 Å². The second-order valence-corrected chi connectivity index (χ2v) is 5.82. The summed E-state index contributed by atoms with van der Waals surface area (Å²) < 4.78 is 0. The summed E-state index contributed by atoms with van der Waals surface area (Å²) in [5, 5.41) is 0. The Hall–Kier alpha value is -0.0800. The fourth-order valence-electron chi connectivity index (χ4n) is 4.02. The van der Waals surface area contributed by atoms with Gasteiger partial charge < -0.3 is 5.73 Å². The molecule has 2 N–H and O–H groups in total. The van der Waals surface area contributed by atoms with Gasteiger partial charge in [-0.25, -0.2) is 0 Å². The number of hydrogen-bond acceptors (Lipinski definition) is 2. The normalized spacial score (nSPS) is 43.0. The van der Waals surface area contributed by atoms with E-state index in [1.165, 1.54) is 38.6 Å². The zero-order chi connectivity index (χ0) is 11.1. The van der Waals surface area contributed by atoms with Crippen LogP contribution >= 0.6 is 0 Å². The van der Waals surface area contributed by atoms with Crippen LogP contribution in [0, 0.1) is 5.92 Å². The van der Waals surface area contributed by atoms with Gasteiger partial charge in [-0.3, -0.25) is 4.90 Å². The summed E-state index contributed by atoms with van der Waals surface area (Å²) in [6.45, 7) is 8.27. The number of nitrogens with zero attached hydrogens (tertiary/aromatic N) is 1. The molecule has 3 atom stereocenters. The fourth-order valence-corrected chi connectivity index (χ4v) is 4.02. The van der Waals surface area contributed by atoms with Gasteiger partial charge in [-0.05, 0) is 39.0 Å². The van der Waals surface area contributed by atoms with E-state index in [-0.39, 0.29) is 0 Å². The van der Waals surface area contributed by atoms with E-state index in [0.717, 1.165) is 5.92 Å². The standard InChI is InChI=1S/C13H26N2/c1-10(2)15-9-7-12(14)13(15)8-5-4-6-11(13)3/h10-12H,4-9,14H2,1-3H3. The summed E-state index contributed by atoms with van der Waals surface area (Å²) in [6.07, 6.45) is 6.68. The molecule has 0 radical (unpaired) electrons. The Kier molecular flexibility index (Phi) is 3.09. The molecular formula is C13H26N2. The van der Waals surface area contributed by atoms with Crippen molar-refractivity contribution in [3.05, 3.63) is 0 Å². The average Bonchev–Trinajstić information content (AvgIpc) is 2.50. The first kappa shape index (κ1) is 11.4. The van der Waals surface area contributed by atoms with Gasteiger partial charge in [-0.15, -0.1) is 0 Å². The topological polar surface area (TPSA) is 29.3 Å². The van der Waals surface area contributed by atoms with E-state index in [2.05, 4.69) is 25.7 Å². The largest absolute Gasteiger partial charge is 0.326 e. The molecule has 2 aliphatic rings. The van der Waals surface area contributed by atoms with Crippen molar-refractivity contribution in [3.63, 3.8) is 0 Å². The Balaban J connectivity index is 2.27. The second kappa shape index (κ2) is 4.06. The maximum absolute atomic E-state index is 6.42. The van der Waals surface area contributed by atoms with Crippen molar-refractivity contribution < 1.29 is 0 Å². The molecule has 2 nitrogen and oxygen atoms in total. The van der Waals surface area contributed by atoms with Crippen LogP contribution in [0.1, 0.15) is 52.9 Å². The molecule has 0 amide bonds. The zero-order valence-electron chi connectivity index (χ0n) is 10.5. The SMILES string of the molecule is CC(C)N1CCC(N)C12CCCCC2C. The van der Waals surface area contributed by atoms with E-state index in [9.17, 15) is 0 Å². The van der Waals surface area contributed by atoms with Crippen LogP contribution in [0.15, 0.2) is 0 Å². The minimum atomic E-state index is 0.340. The van der Waals surface area contributed by atoms with Crippen LogP contribution in [0.5, 0.6) is 0 Å². The van der Waals surface area contributed by atoms with Gasteiger partial charge in [0.2, 0.25) is 0 Å². The lowest BCUT2D eigenvalue weighted by Gasteiger charge is -2.50. The number of nitrogens with two attached hydrogens (primary N) is 1. The van der Waals surface area contributed by atoms with E-state index in [0.29, 0.717) is 17.6 Å². The van der Waals surface area contributed by atoms with Crippen molar-refractivity contribution in [1.82, 2.24) is 4.90 Å². The molecule has 88 valence electrons. The lowest BCUT2D eigenvalue weighted by Crippen LogP contribution is -2.60. The van der Waals surface area contributed by atoms with Gasteiger partial charge in [0.05, 0.1) is 0 Å². The highest BCUT2D eigenvalue weighted by Crippen LogP contribution is 2.45. The maximum Gasteiger partial charge on any atom is 0.0389 e. The van der Waals surface area contributed by atoms with Crippen molar-refractivity contribution in [2.45, 2.75) is 70.5 Å². The highest BCUT2D eigenvalue weighted by Gasteiger charge is 2.51. The van der Waals surface area contributed by atoms with Crippen LogP contribution in [0.4, 0.5) is 0 Å². The van der Waals surface area contributed by atoms with Crippen molar-refractivity contribution in [2.24, 2.45) is 11.7 Å². The maximum atomic E-state index is 6.42. The predicted molar refractivity (Wildman–Crippen MR) is 64.8 cm³/mol. The summed E-state index contributed by atoms with van der Waals surface area (Å²) in [4.78, 5) is 2.70. The summed E-state index contributed by atoms with van der Waals surface area (Å²) in [5.41, 5.74) is 6.76. The first-order valence-corrected chi connectivity index (χ1v) is 6.61. The van der Waals surface area contributed by atoms with Crippen LogP contribution in [0.3, 0.4) is 0 Å². The molecule has 1 aliphatic carbocycles. The molecule has 15 heavy (non-hydrogen) atoms. The first-order valence-electron chi connectivity index (χ1n) is 6.61. The van der Waals surface area contributed by atoms with Crippen molar-refractivity contribution >= 4 is 0 Å². The van der Waals surface area contributed by atoms with Gasteiger partial charge in [0, 0.05) is 24.2 Å². The number of likely N-dealkylation sites (tertiary alicyclic amines) is 1. The molecule has 0 aromatic carbocycles. The van der Waals surface area contributed by atoms with Crippen molar-refractivity contribution in [1.29, 1.82) is 0 Å². The Labute approximate surface area is 94.2 Å². The first-order chi connectivity index (χ1) is 7.09. The van der Waals surface area contributed by atoms with Gasteiger partial charge in [0.25, 0.3) is 0 Å². The number of rotatable bonds is 1. The van der Waals surface area contributed by atoms with E-state index in [1.54, 1.807) is 0 Å². The van der Waals surface area contributed by atoms with E-state index in [4.69, 9.17) is 5.73 Å². The lowest BCUT2D eigenvalue weighted by molar-refractivity contribution is 0.0108. The molecule has 2 rings (SSSR count). The van der Waals surface area contributed by atoms with Crippen LogP contribution in [0.25, 0.3) is 0 Å². The molecule has 0 aromatic rings. The fraction of sp³-hybridized carbons (Fsp3) is 1.00. The summed E-state index contributed by atoms with van der Waals surface area (Å²) in [5.74, 6) is 0.783. The van der Waals surface area contributed by atoms with Crippen LogP contribution < -0.4 is 5.73 Å². The molecule has 3 unspecified atom stereocenters. The third-order valence-electron chi connectivity index (χ3n) is 4.80. The molecule has 1 spiro atoms. The molecular weight excluding hydrogens is 184 g/mol. The summed E-state index contributed by atoms with van der Waals surface area (Å²) in [6, 6.07) is 1.06. The monoisotopic (exact) mass is 210 g/mol. The molecule has 2 heteroatoms. The molecule has 0 bridgehead atoms. The van der Waals surface area contributed by atoms with Crippen LogP contribution in [0.2, 0.25) is 0 Å². The zero-order valence-corrected chi connectivity index (χ0v) is 10.5. The molecule has 1 aliphatic heterocycles. The lowest BCUT2D eigenvalue weighted by atomic mass is 9.69. The van der Waals surface area contributed by atoms with E-state index in [1.807, 2.05) is 0 Å². The Morgan fingerprint density at radius 2 is 2.00 bits per heavy atom. The van der Waals surface area contributed by atoms with Gasteiger partial charge in [0.1, 0.15) is 0 Å². The molecule has 1 heterocycles. The molecule has 1 saturated carbocycles. The quantitative estimate of drug-likeness (QED) is 0.720.